The maximum Gasteiger partial charge on any atom is 0.222 e. The van der Waals surface area contributed by atoms with Gasteiger partial charge in [-0.1, -0.05) is 23.2 Å². The molecular weight excluding hydrogens is 327 g/mol. The van der Waals surface area contributed by atoms with Crippen molar-refractivity contribution in [3.63, 3.8) is 0 Å². The quantitative estimate of drug-likeness (QED) is 0.911. The second kappa shape index (κ2) is 7.70. The van der Waals surface area contributed by atoms with E-state index in [1.54, 1.807) is 0 Å². The highest BCUT2D eigenvalue weighted by atomic mass is 35.5. The van der Waals surface area contributed by atoms with Gasteiger partial charge in [-0.2, -0.15) is 0 Å². The van der Waals surface area contributed by atoms with Crippen molar-refractivity contribution >= 4 is 52.9 Å². The highest BCUT2D eigenvalue weighted by molar-refractivity contribution is 7.20. The van der Waals surface area contributed by atoms with Gasteiger partial charge in [-0.3, -0.25) is 4.79 Å². The number of carbonyl (C=O) groups excluding carboxylic acids is 1. The monoisotopic (exact) mass is 342 g/mol. The molecule has 1 atom stereocenters. The van der Waals surface area contributed by atoms with Crippen LogP contribution in [0.5, 0.6) is 0 Å². The molecule has 1 amide bonds. The molecule has 2 rings (SSSR count). The molecule has 0 spiro atoms. The molecule has 0 saturated carbocycles. The first-order valence-corrected chi connectivity index (χ1v) is 7.60. The van der Waals surface area contributed by atoms with Crippen LogP contribution < -0.4 is 5.73 Å². The van der Waals surface area contributed by atoms with Crippen molar-refractivity contribution in [2.24, 2.45) is 5.73 Å². The highest BCUT2D eigenvalue weighted by Crippen LogP contribution is 2.32. The molecule has 2 N–H and O–H groups in total. The number of halogens is 3. The molecule has 1 unspecified atom stereocenters. The molecule has 1 saturated heterocycles. The minimum absolute atomic E-state index is 0. The Morgan fingerprint density at radius 1 is 1.53 bits per heavy atom. The average molecular weight is 344 g/mol. The van der Waals surface area contributed by atoms with Gasteiger partial charge in [0.15, 0.2) is 0 Å². The van der Waals surface area contributed by atoms with E-state index in [4.69, 9.17) is 28.9 Å². The topological polar surface area (TPSA) is 46.3 Å². The Kier molecular flexibility index (Phi) is 6.91. The minimum atomic E-state index is 0. The van der Waals surface area contributed by atoms with Crippen LogP contribution in [-0.4, -0.2) is 29.9 Å². The zero-order valence-corrected chi connectivity index (χ0v) is 13.5. The molecule has 1 aromatic heterocycles. The van der Waals surface area contributed by atoms with E-state index in [0.29, 0.717) is 17.3 Å². The maximum absolute atomic E-state index is 11.9. The number of hydrogen-bond acceptors (Lipinski definition) is 3. The van der Waals surface area contributed by atoms with Gasteiger partial charge < -0.3 is 10.6 Å². The van der Waals surface area contributed by atoms with E-state index in [2.05, 4.69) is 0 Å². The van der Waals surface area contributed by atoms with Crippen LogP contribution in [0.1, 0.15) is 24.8 Å². The third kappa shape index (κ3) is 4.80. The Morgan fingerprint density at radius 3 is 2.79 bits per heavy atom. The van der Waals surface area contributed by atoms with Gasteiger partial charge in [0.05, 0.1) is 8.67 Å². The van der Waals surface area contributed by atoms with Gasteiger partial charge >= 0.3 is 0 Å². The third-order valence-corrected chi connectivity index (χ3v) is 4.71. The summed E-state index contributed by atoms with van der Waals surface area (Å²) in [5, 5.41) is 0. The first kappa shape index (κ1) is 17.1. The van der Waals surface area contributed by atoms with Gasteiger partial charge in [-0.15, -0.1) is 23.7 Å². The summed E-state index contributed by atoms with van der Waals surface area (Å²) in [6, 6.07) is 2.03. The summed E-state index contributed by atoms with van der Waals surface area (Å²) >= 11 is 13.3. The van der Waals surface area contributed by atoms with Crippen LogP contribution in [0.3, 0.4) is 0 Å². The lowest BCUT2D eigenvalue weighted by Gasteiger charge is -2.15. The van der Waals surface area contributed by atoms with Gasteiger partial charge in [0, 0.05) is 25.6 Å². The average Bonchev–Trinajstić information content (AvgIpc) is 2.86. The zero-order chi connectivity index (χ0) is 13.1. The summed E-state index contributed by atoms with van der Waals surface area (Å²) in [5.41, 5.74) is 6.82. The van der Waals surface area contributed by atoms with Crippen LogP contribution in [0.2, 0.25) is 8.67 Å². The summed E-state index contributed by atoms with van der Waals surface area (Å²) < 4.78 is 1.43. The molecule has 1 aliphatic rings. The number of carbonyl (C=O) groups is 1. The summed E-state index contributed by atoms with van der Waals surface area (Å²) in [6.45, 7) is 1.49. The second-order valence-corrected chi connectivity index (χ2v) is 6.88. The van der Waals surface area contributed by atoms with Gasteiger partial charge in [0.2, 0.25) is 5.91 Å². The fourth-order valence-electron chi connectivity index (χ4n) is 2.15. The number of amides is 1. The molecule has 0 radical (unpaired) electrons. The van der Waals surface area contributed by atoms with Crippen molar-refractivity contribution in [2.75, 3.05) is 13.1 Å². The molecule has 7 heteroatoms. The molecule has 19 heavy (non-hydrogen) atoms. The van der Waals surface area contributed by atoms with Crippen LogP contribution in [-0.2, 0) is 11.2 Å². The van der Waals surface area contributed by atoms with Gasteiger partial charge in [0.25, 0.3) is 0 Å². The molecule has 3 nitrogen and oxygen atoms in total. The lowest BCUT2D eigenvalue weighted by Crippen LogP contribution is -2.31. The Bertz CT molecular complexity index is 439. The van der Waals surface area contributed by atoms with Gasteiger partial charge in [0.1, 0.15) is 0 Å². The predicted octanol–water partition coefficient (Wildman–Crippen LogP) is 3.36. The Labute approximate surface area is 133 Å². The molecule has 1 fully saturated rings. The Morgan fingerprint density at radius 2 is 2.26 bits per heavy atom. The number of nitrogens with two attached hydrogens (primary N) is 1. The van der Waals surface area contributed by atoms with E-state index < -0.39 is 0 Å². The van der Waals surface area contributed by atoms with Crippen LogP contribution in [0.25, 0.3) is 0 Å². The van der Waals surface area contributed by atoms with E-state index in [1.165, 1.54) is 11.3 Å². The lowest BCUT2D eigenvalue weighted by atomic mass is 10.1. The molecule has 108 valence electrons. The van der Waals surface area contributed by atoms with Crippen LogP contribution >= 0.6 is 46.9 Å². The van der Waals surface area contributed by atoms with Crippen molar-refractivity contribution in [3.8, 4) is 0 Å². The minimum Gasteiger partial charge on any atom is -0.341 e. The molecule has 0 aromatic carbocycles. The number of nitrogens with zero attached hydrogens (tertiary/aromatic N) is 1. The molecule has 1 aromatic rings. The summed E-state index contributed by atoms with van der Waals surface area (Å²) in [4.78, 5) is 13.7. The van der Waals surface area contributed by atoms with E-state index in [-0.39, 0.29) is 24.4 Å². The largest absolute Gasteiger partial charge is 0.341 e. The molecule has 2 heterocycles. The maximum atomic E-state index is 11.9. The van der Waals surface area contributed by atoms with Crippen molar-refractivity contribution in [3.05, 3.63) is 20.3 Å². The van der Waals surface area contributed by atoms with Gasteiger partial charge in [-0.05, 0) is 30.9 Å². The van der Waals surface area contributed by atoms with Crippen LogP contribution in [0, 0.1) is 0 Å². The Balaban J connectivity index is 0.00000180. The molecule has 0 aliphatic carbocycles. The smallest absolute Gasteiger partial charge is 0.222 e. The first-order valence-electron chi connectivity index (χ1n) is 6.03. The second-order valence-electron chi connectivity index (χ2n) is 4.59. The number of rotatable bonds is 4. The zero-order valence-electron chi connectivity index (χ0n) is 10.4. The number of aryl methyl sites for hydroxylation is 1. The van der Waals surface area contributed by atoms with E-state index in [9.17, 15) is 4.79 Å². The van der Waals surface area contributed by atoms with Crippen LogP contribution in [0.4, 0.5) is 0 Å². The number of likely N-dealkylation sites (tertiary alicyclic amines) is 1. The fraction of sp³-hybridized carbons (Fsp3) is 0.583. The summed E-state index contributed by atoms with van der Waals surface area (Å²) in [6.07, 6.45) is 3.07. The molecule has 0 bridgehead atoms. The first-order chi connectivity index (χ1) is 8.56. The fourth-order valence-corrected chi connectivity index (χ4v) is 3.69. The summed E-state index contributed by atoms with van der Waals surface area (Å²) in [7, 11) is 0. The standard InChI is InChI=1S/C12H16Cl2N2OS.ClH/c13-10-6-8(12(14)18-10)2-1-3-11(17)16-5-4-9(15)7-16;/h6,9H,1-5,7,15H2;1H. The van der Waals surface area contributed by atoms with E-state index in [1.807, 2.05) is 11.0 Å². The SMILES string of the molecule is Cl.NC1CCN(C(=O)CCCc2cc(Cl)sc2Cl)C1. The molecular formula is C12H17Cl3N2OS. The highest BCUT2D eigenvalue weighted by Gasteiger charge is 2.22. The van der Waals surface area contributed by atoms with Gasteiger partial charge in [-0.25, -0.2) is 0 Å². The normalized spacial score (nSPS) is 18.5. The third-order valence-electron chi connectivity index (χ3n) is 3.14. The summed E-state index contributed by atoms with van der Waals surface area (Å²) in [5.74, 6) is 0.195. The van der Waals surface area contributed by atoms with Crippen LogP contribution in [0.15, 0.2) is 6.07 Å². The molecule has 1 aliphatic heterocycles. The van der Waals surface area contributed by atoms with Crippen molar-refractivity contribution < 1.29 is 4.79 Å². The Hall–Kier alpha value is -0.0000000000000000555. The van der Waals surface area contributed by atoms with Crippen molar-refractivity contribution in [1.29, 1.82) is 0 Å². The van der Waals surface area contributed by atoms with Crippen molar-refractivity contribution in [1.82, 2.24) is 4.90 Å². The number of thiophene rings is 1. The van der Waals surface area contributed by atoms with E-state index >= 15 is 0 Å². The van der Waals surface area contributed by atoms with Crippen molar-refractivity contribution in [2.45, 2.75) is 31.7 Å². The predicted molar refractivity (Wildman–Crippen MR) is 83.7 cm³/mol. The van der Waals surface area contributed by atoms with E-state index in [0.717, 1.165) is 35.7 Å². The number of hydrogen-bond donors (Lipinski definition) is 1. The lowest BCUT2D eigenvalue weighted by molar-refractivity contribution is -0.130.